The van der Waals surface area contributed by atoms with E-state index >= 15 is 0 Å². The molecular formula is C18H26ClN3O2S. The molecule has 0 aliphatic carbocycles. The fourth-order valence-electron chi connectivity index (χ4n) is 3.18. The number of hydrogen-bond donors (Lipinski definition) is 2. The Balaban J connectivity index is 0.00000225. The second kappa shape index (κ2) is 10.0. The van der Waals surface area contributed by atoms with Crippen LogP contribution in [0.5, 0.6) is 0 Å². The van der Waals surface area contributed by atoms with E-state index in [-0.39, 0.29) is 30.3 Å². The number of rotatable bonds is 6. The maximum absolute atomic E-state index is 12.1. The molecule has 0 radical (unpaired) electrons. The van der Waals surface area contributed by atoms with Crippen LogP contribution in [-0.4, -0.2) is 47.4 Å². The van der Waals surface area contributed by atoms with Crippen LogP contribution in [0.4, 0.5) is 0 Å². The molecule has 1 unspecified atom stereocenters. The molecule has 3 rings (SSSR count). The summed E-state index contributed by atoms with van der Waals surface area (Å²) < 4.78 is 0. The topological polar surface area (TPSA) is 61.4 Å². The first-order valence-electron chi connectivity index (χ1n) is 8.64. The summed E-state index contributed by atoms with van der Waals surface area (Å²) in [5, 5.41) is 6.39. The minimum absolute atomic E-state index is 0. The minimum Gasteiger partial charge on any atom is -0.352 e. The average molecular weight is 384 g/mol. The molecular weight excluding hydrogens is 358 g/mol. The Labute approximate surface area is 159 Å². The molecule has 5 nitrogen and oxygen atoms in total. The molecule has 25 heavy (non-hydrogen) atoms. The van der Waals surface area contributed by atoms with E-state index in [2.05, 4.69) is 16.7 Å². The van der Waals surface area contributed by atoms with Gasteiger partial charge in [-0.1, -0.05) is 24.3 Å². The summed E-state index contributed by atoms with van der Waals surface area (Å²) in [6.45, 7) is 3.05. The van der Waals surface area contributed by atoms with Gasteiger partial charge in [-0.2, -0.15) is 11.8 Å². The molecule has 1 aromatic carbocycles. The molecule has 2 aliphatic heterocycles. The van der Waals surface area contributed by atoms with Gasteiger partial charge in [-0.25, -0.2) is 0 Å². The van der Waals surface area contributed by atoms with E-state index in [1.54, 1.807) is 0 Å². The quantitative estimate of drug-likeness (QED) is 0.788. The Kier molecular flexibility index (Phi) is 8.06. The summed E-state index contributed by atoms with van der Waals surface area (Å²) in [6, 6.07) is 8.43. The maximum Gasteiger partial charge on any atom is 0.222 e. The van der Waals surface area contributed by atoms with Crippen molar-refractivity contribution in [3.63, 3.8) is 0 Å². The third kappa shape index (κ3) is 6.20. The van der Waals surface area contributed by atoms with Crippen molar-refractivity contribution in [2.75, 3.05) is 24.6 Å². The van der Waals surface area contributed by atoms with Crippen LogP contribution in [0.1, 0.15) is 30.4 Å². The molecule has 1 aromatic rings. The van der Waals surface area contributed by atoms with Crippen LogP contribution in [0.3, 0.4) is 0 Å². The van der Waals surface area contributed by atoms with Crippen LogP contribution in [0.25, 0.3) is 0 Å². The number of nitrogens with zero attached hydrogens (tertiary/aromatic N) is 1. The standard InChI is InChI=1S/C18H25N3O2S.ClH/c22-17(10-16-13-24-8-6-19-16)20-11-14-3-1-4-15(9-14)12-21-7-2-5-18(21)23;/h1,3-4,9,16,19H,2,5-8,10-13H2,(H,20,22);1H. The lowest BCUT2D eigenvalue weighted by molar-refractivity contribution is -0.128. The summed E-state index contributed by atoms with van der Waals surface area (Å²) in [5.41, 5.74) is 2.21. The minimum atomic E-state index is 0. The molecule has 0 spiro atoms. The zero-order valence-corrected chi connectivity index (χ0v) is 16.0. The van der Waals surface area contributed by atoms with Crippen molar-refractivity contribution in [2.24, 2.45) is 0 Å². The number of nitrogens with one attached hydrogen (secondary N) is 2. The van der Waals surface area contributed by atoms with Crippen LogP contribution in [0.15, 0.2) is 24.3 Å². The maximum atomic E-state index is 12.1. The van der Waals surface area contributed by atoms with E-state index < -0.39 is 0 Å². The van der Waals surface area contributed by atoms with Crippen molar-refractivity contribution < 1.29 is 9.59 Å². The Morgan fingerprint density at radius 1 is 1.36 bits per heavy atom. The largest absolute Gasteiger partial charge is 0.352 e. The number of likely N-dealkylation sites (tertiary alicyclic amines) is 1. The Hall–Kier alpha value is -1.24. The normalized spacial score (nSPS) is 20.2. The van der Waals surface area contributed by atoms with Gasteiger partial charge in [0.1, 0.15) is 0 Å². The summed E-state index contributed by atoms with van der Waals surface area (Å²) >= 11 is 1.90. The van der Waals surface area contributed by atoms with Gasteiger partial charge in [0.25, 0.3) is 0 Å². The van der Waals surface area contributed by atoms with Crippen LogP contribution in [0.2, 0.25) is 0 Å². The highest BCUT2D eigenvalue weighted by Gasteiger charge is 2.20. The molecule has 1 atom stereocenters. The average Bonchev–Trinajstić information content (AvgIpc) is 2.99. The first kappa shape index (κ1) is 20.1. The van der Waals surface area contributed by atoms with Gasteiger partial charge >= 0.3 is 0 Å². The van der Waals surface area contributed by atoms with Gasteiger partial charge in [0, 0.05) is 56.6 Å². The Morgan fingerprint density at radius 3 is 2.92 bits per heavy atom. The monoisotopic (exact) mass is 383 g/mol. The number of benzene rings is 1. The number of amides is 2. The summed E-state index contributed by atoms with van der Waals surface area (Å²) in [7, 11) is 0. The predicted molar refractivity (Wildman–Crippen MR) is 104 cm³/mol. The van der Waals surface area contributed by atoms with Gasteiger partial charge in [0.05, 0.1) is 0 Å². The molecule has 2 heterocycles. The highest BCUT2D eigenvalue weighted by molar-refractivity contribution is 7.99. The highest BCUT2D eigenvalue weighted by Crippen LogP contribution is 2.15. The smallest absolute Gasteiger partial charge is 0.222 e. The van der Waals surface area contributed by atoms with Gasteiger partial charge in [-0.05, 0) is 17.5 Å². The fraction of sp³-hybridized carbons (Fsp3) is 0.556. The molecule has 2 fully saturated rings. The number of halogens is 1. The Bertz CT molecular complexity index is 593. The van der Waals surface area contributed by atoms with E-state index in [0.29, 0.717) is 25.9 Å². The zero-order chi connectivity index (χ0) is 16.8. The lowest BCUT2D eigenvalue weighted by Crippen LogP contribution is -2.41. The Morgan fingerprint density at radius 2 is 2.20 bits per heavy atom. The van der Waals surface area contributed by atoms with E-state index in [0.717, 1.165) is 42.1 Å². The molecule has 0 aromatic heterocycles. The van der Waals surface area contributed by atoms with Gasteiger partial charge < -0.3 is 15.5 Å². The van der Waals surface area contributed by atoms with Crippen molar-refractivity contribution in [1.29, 1.82) is 0 Å². The molecule has 2 aliphatic rings. The van der Waals surface area contributed by atoms with Crippen LogP contribution < -0.4 is 10.6 Å². The predicted octanol–water partition coefficient (Wildman–Crippen LogP) is 1.94. The summed E-state index contributed by atoms with van der Waals surface area (Å²) in [5.74, 6) is 2.47. The van der Waals surface area contributed by atoms with Crippen molar-refractivity contribution in [3.8, 4) is 0 Å². The summed E-state index contributed by atoms with van der Waals surface area (Å²) in [6.07, 6.45) is 2.17. The number of hydrogen-bond acceptors (Lipinski definition) is 4. The summed E-state index contributed by atoms with van der Waals surface area (Å²) in [4.78, 5) is 25.7. The third-order valence-electron chi connectivity index (χ3n) is 4.46. The molecule has 138 valence electrons. The highest BCUT2D eigenvalue weighted by atomic mass is 35.5. The van der Waals surface area contributed by atoms with Crippen LogP contribution in [-0.2, 0) is 22.7 Å². The lowest BCUT2D eigenvalue weighted by Gasteiger charge is -2.22. The van der Waals surface area contributed by atoms with Gasteiger partial charge in [0.2, 0.25) is 11.8 Å². The van der Waals surface area contributed by atoms with Crippen molar-refractivity contribution in [2.45, 2.75) is 38.4 Å². The number of carbonyl (C=O) groups excluding carboxylic acids is 2. The van der Waals surface area contributed by atoms with E-state index in [9.17, 15) is 9.59 Å². The van der Waals surface area contributed by atoms with Crippen LogP contribution in [0, 0.1) is 0 Å². The molecule has 0 bridgehead atoms. The van der Waals surface area contributed by atoms with Gasteiger partial charge in [-0.15, -0.1) is 12.4 Å². The third-order valence-corrected chi connectivity index (χ3v) is 5.59. The van der Waals surface area contributed by atoms with Gasteiger partial charge in [-0.3, -0.25) is 9.59 Å². The zero-order valence-electron chi connectivity index (χ0n) is 14.3. The second-order valence-corrected chi connectivity index (χ2v) is 7.60. The van der Waals surface area contributed by atoms with E-state index in [1.807, 2.05) is 34.9 Å². The van der Waals surface area contributed by atoms with Crippen molar-refractivity contribution in [3.05, 3.63) is 35.4 Å². The molecule has 0 saturated carbocycles. The SMILES string of the molecule is Cl.O=C(CC1CSCCN1)NCc1cccc(CN2CCCC2=O)c1. The molecule has 2 N–H and O–H groups in total. The van der Waals surface area contributed by atoms with Crippen molar-refractivity contribution >= 4 is 36.0 Å². The van der Waals surface area contributed by atoms with Gasteiger partial charge in [0.15, 0.2) is 0 Å². The molecule has 2 amide bonds. The van der Waals surface area contributed by atoms with E-state index in [1.165, 1.54) is 0 Å². The molecule has 2 saturated heterocycles. The first-order chi connectivity index (χ1) is 11.7. The first-order valence-corrected chi connectivity index (χ1v) is 9.79. The molecule has 7 heteroatoms. The number of carbonyl (C=O) groups is 2. The van der Waals surface area contributed by atoms with Crippen LogP contribution >= 0.6 is 24.2 Å². The fourth-order valence-corrected chi connectivity index (χ4v) is 4.13. The van der Waals surface area contributed by atoms with E-state index in [4.69, 9.17) is 0 Å². The second-order valence-electron chi connectivity index (χ2n) is 6.45. The lowest BCUT2D eigenvalue weighted by atomic mass is 10.1. The van der Waals surface area contributed by atoms with Crippen molar-refractivity contribution in [1.82, 2.24) is 15.5 Å². The number of thioether (sulfide) groups is 1.